The average molecular weight is 484 g/mol. The van der Waals surface area contributed by atoms with Crippen molar-refractivity contribution in [2.45, 2.75) is 64.6 Å². The van der Waals surface area contributed by atoms with E-state index in [0.717, 1.165) is 25.9 Å². The number of amides is 2. The number of aromatic amines is 1. The van der Waals surface area contributed by atoms with E-state index in [2.05, 4.69) is 15.3 Å². The van der Waals surface area contributed by atoms with Crippen LogP contribution in [0.2, 0.25) is 0 Å². The van der Waals surface area contributed by atoms with Crippen molar-refractivity contribution in [3.05, 3.63) is 33.8 Å². The molecule has 0 spiro atoms. The van der Waals surface area contributed by atoms with E-state index in [0.29, 0.717) is 36.9 Å². The molecule has 0 unspecified atom stereocenters. The summed E-state index contributed by atoms with van der Waals surface area (Å²) in [7, 11) is 0. The highest BCUT2D eigenvalue weighted by Gasteiger charge is 2.34. The van der Waals surface area contributed by atoms with Crippen LogP contribution in [0.4, 0.5) is 0 Å². The van der Waals surface area contributed by atoms with Crippen LogP contribution >= 0.6 is 0 Å². The van der Waals surface area contributed by atoms with E-state index in [-0.39, 0.29) is 29.3 Å². The number of hydrogen-bond donors (Lipinski definition) is 3. The van der Waals surface area contributed by atoms with E-state index in [1.165, 1.54) is 29.9 Å². The lowest BCUT2D eigenvalue weighted by molar-refractivity contribution is -0.686. The van der Waals surface area contributed by atoms with Crippen molar-refractivity contribution < 1.29 is 19.3 Å². The van der Waals surface area contributed by atoms with Crippen molar-refractivity contribution in [3.8, 4) is 5.88 Å². The number of hydrogen-bond acceptors (Lipinski definition) is 5. The number of carbonyl (C=O) groups is 2. The molecule has 5 rings (SSSR count). The smallest absolute Gasteiger partial charge is 0.378 e. The average Bonchev–Trinajstić information content (AvgIpc) is 3.49. The van der Waals surface area contributed by atoms with E-state index in [4.69, 9.17) is 0 Å². The second-order valence-electron chi connectivity index (χ2n) is 10.4. The standard InChI is InChI=1S/C25H34N6O4/c1-16(2)15-30-23-17(6-9-20(32)29-12-10-28(11-13-29)19-4-3-5-19)14-26-31(23)25(35)21(24(30)34)22(33)27-18-7-8-18/h6,9,14,16,18-19H,3-5,7-8,10-13,15H2,1-2H3,(H2,27,33,34,35)/p+1/b9-6+. The Morgan fingerprint density at radius 2 is 1.91 bits per heavy atom. The van der Waals surface area contributed by atoms with Crippen molar-refractivity contribution in [3.63, 3.8) is 0 Å². The van der Waals surface area contributed by atoms with Crippen LogP contribution in [-0.2, 0) is 11.3 Å². The molecule has 2 amide bonds. The molecule has 3 aliphatic rings. The predicted octanol–water partition coefficient (Wildman–Crippen LogP) is 0.879. The molecular formula is C25H35N6O4+. The van der Waals surface area contributed by atoms with Crippen molar-refractivity contribution in [1.82, 2.24) is 24.7 Å². The summed E-state index contributed by atoms with van der Waals surface area (Å²) in [6.07, 6.45) is 10.4. The Kier molecular flexibility index (Phi) is 6.39. The fraction of sp³-hybridized carbons (Fsp3) is 0.600. The summed E-state index contributed by atoms with van der Waals surface area (Å²) in [5.41, 5.74) is 0.123. The first-order valence-corrected chi connectivity index (χ1v) is 12.7. The van der Waals surface area contributed by atoms with E-state index < -0.39 is 11.5 Å². The number of piperazine rings is 1. The van der Waals surface area contributed by atoms with E-state index >= 15 is 0 Å². The molecule has 0 aromatic carbocycles. The maximum absolute atomic E-state index is 13.1. The molecule has 3 fully saturated rings. The minimum atomic E-state index is -0.617. The molecule has 1 aliphatic heterocycles. The molecule has 10 nitrogen and oxygen atoms in total. The van der Waals surface area contributed by atoms with Gasteiger partial charge in [-0.25, -0.2) is 9.89 Å². The van der Waals surface area contributed by atoms with Crippen LogP contribution in [-0.4, -0.2) is 74.6 Å². The molecule has 3 N–H and O–H groups in total. The highest BCUT2D eigenvalue weighted by Crippen LogP contribution is 2.25. The fourth-order valence-corrected chi connectivity index (χ4v) is 4.93. The van der Waals surface area contributed by atoms with Crippen LogP contribution in [0.15, 0.2) is 17.1 Å². The second kappa shape index (κ2) is 9.49. The minimum Gasteiger partial charge on any atom is -0.477 e. The first kappa shape index (κ1) is 23.6. The van der Waals surface area contributed by atoms with Crippen LogP contribution in [0.1, 0.15) is 61.9 Å². The van der Waals surface area contributed by atoms with Gasteiger partial charge in [-0.1, -0.05) is 24.8 Å². The van der Waals surface area contributed by atoms with Gasteiger partial charge in [0, 0.05) is 44.3 Å². The summed E-state index contributed by atoms with van der Waals surface area (Å²) < 4.78 is 2.84. The van der Waals surface area contributed by atoms with E-state index in [9.17, 15) is 19.5 Å². The van der Waals surface area contributed by atoms with Gasteiger partial charge in [0.2, 0.25) is 11.5 Å². The van der Waals surface area contributed by atoms with Crippen LogP contribution in [0, 0.1) is 5.92 Å². The van der Waals surface area contributed by atoms with Gasteiger partial charge in [-0.3, -0.25) is 14.5 Å². The molecule has 3 heterocycles. The Bertz CT molecular complexity index is 1210. The van der Waals surface area contributed by atoms with E-state index in [1.807, 2.05) is 18.7 Å². The summed E-state index contributed by atoms with van der Waals surface area (Å²) in [5, 5.41) is 16.7. The van der Waals surface area contributed by atoms with E-state index in [1.54, 1.807) is 16.8 Å². The highest BCUT2D eigenvalue weighted by molar-refractivity contribution is 5.96. The predicted molar refractivity (Wildman–Crippen MR) is 130 cm³/mol. The van der Waals surface area contributed by atoms with Crippen molar-refractivity contribution in [2.24, 2.45) is 5.92 Å². The monoisotopic (exact) mass is 483 g/mol. The first-order chi connectivity index (χ1) is 16.8. The van der Waals surface area contributed by atoms with Crippen LogP contribution in [0.3, 0.4) is 0 Å². The van der Waals surface area contributed by atoms with Crippen molar-refractivity contribution in [2.75, 3.05) is 26.2 Å². The van der Waals surface area contributed by atoms with Crippen LogP contribution < -0.4 is 15.4 Å². The van der Waals surface area contributed by atoms with Crippen molar-refractivity contribution >= 4 is 23.5 Å². The maximum atomic E-state index is 13.1. The Hall–Kier alpha value is -3.14. The largest absolute Gasteiger partial charge is 0.477 e. The van der Waals surface area contributed by atoms with Gasteiger partial charge in [0.25, 0.3) is 5.91 Å². The van der Waals surface area contributed by atoms with Gasteiger partial charge in [0.05, 0.1) is 18.3 Å². The van der Waals surface area contributed by atoms with Gasteiger partial charge in [-0.15, -0.1) is 0 Å². The number of aromatic hydroxyl groups is 1. The van der Waals surface area contributed by atoms with Gasteiger partial charge >= 0.3 is 17.1 Å². The zero-order valence-electron chi connectivity index (χ0n) is 20.5. The number of carbonyl (C=O) groups excluding carboxylic acids is 2. The molecule has 35 heavy (non-hydrogen) atoms. The topological polar surface area (TPSA) is 114 Å². The maximum Gasteiger partial charge on any atom is 0.378 e. The summed E-state index contributed by atoms with van der Waals surface area (Å²) in [6, 6.07) is 0.747. The molecule has 2 saturated carbocycles. The van der Waals surface area contributed by atoms with Crippen LogP contribution in [0.5, 0.6) is 5.88 Å². The lowest BCUT2D eigenvalue weighted by Crippen LogP contribution is -2.53. The zero-order valence-corrected chi connectivity index (χ0v) is 20.5. The lowest BCUT2D eigenvalue weighted by atomic mass is 9.91. The molecule has 2 aromatic heterocycles. The number of nitrogens with zero attached hydrogens (tertiary/aromatic N) is 4. The third-order valence-corrected chi connectivity index (χ3v) is 7.28. The van der Waals surface area contributed by atoms with Crippen LogP contribution in [0.25, 0.3) is 11.7 Å². The molecular weight excluding hydrogens is 448 g/mol. The Morgan fingerprint density at radius 3 is 2.51 bits per heavy atom. The summed E-state index contributed by atoms with van der Waals surface area (Å²) >= 11 is 0. The summed E-state index contributed by atoms with van der Waals surface area (Å²) in [6.45, 7) is 7.61. The molecule has 0 radical (unpaired) electrons. The lowest BCUT2D eigenvalue weighted by Gasteiger charge is -2.42. The molecule has 2 aliphatic carbocycles. The van der Waals surface area contributed by atoms with Gasteiger partial charge in [-0.2, -0.15) is 4.57 Å². The summed E-state index contributed by atoms with van der Waals surface area (Å²) in [5.74, 6) is -0.841. The Balaban J connectivity index is 1.41. The Labute approximate surface area is 204 Å². The highest BCUT2D eigenvalue weighted by atomic mass is 16.3. The molecule has 1 saturated heterocycles. The van der Waals surface area contributed by atoms with Gasteiger partial charge in [0.15, 0.2) is 0 Å². The van der Waals surface area contributed by atoms with Gasteiger partial charge in [0.1, 0.15) is 0 Å². The quantitative estimate of drug-likeness (QED) is 0.400. The van der Waals surface area contributed by atoms with Gasteiger partial charge < -0.3 is 15.3 Å². The normalized spacial score (nSPS) is 19.6. The fourth-order valence-electron chi connectivity index (χ4n) is 4.93. The zero-order chi connectivity index (χ0) is 24.7. The molecule has 0 bridgehead atoms. The van der Waals surface area contributed by atoms with Crippen molar-refractivity contribution in [1.29, 1.82) is 0 Å². The third kappa shape index (κ3) is 4.71. The number of nitrogens with one attached hydrogen (secondary N) is 2. The number of H-pyrrole nitrogens is 1. The Morgan fingerprint density at radius 1 is 1.20 bits per heavy atom. The molecule has 2 aromatic rings. The van der Waals surface area contributed by atoms with Gasteiger partial charge in [-0.05, 0) is 37.7 Å². The number of fused-ring (bicyclic) bond motifs is 1. The second-order valence-corrected chi connectivity index (χ2v) is 10.4. The molecule has 0 atom stereocenters. The first-order valence-electron chi connectivity index (χ1n) is 12.7. The molecule has 10 heteroatoms. The SMILES string of the molecule is CC(C)C[n+]1c(O)c(C(=O)NC2CC2)c(=O)n2[nH]cc(/C=C/C(=O)N3CCN(C4CCC4)CC3)c21. The number of rotatable bonds is 7. The summed E-state index contributed by atoms with van der Waals surface area (Å²) in [4.78, 5) is 43.1. The minimum absolute atomic E-state index is 0.0595. The number of aromatic nitrogens is 3. The third-order valence-electron chi connectivity index (χ3n) is 7.28. The molecule has 188 valence electrons.